The van der Waals surface area contributed by atoms with E-state index in [0.717, 1.165) is 28.5 Å². The number of nitrogens with one attached hydrogen (secondary N) is 1. The van der Waals surface area contributed by atoms with E-state index >= 15 is 0 Å². The fraction of sp³-hybridized carbons (Fsp3) is 0.214. The molecule has 4 heteroatoms. The minimum atomic E-state index is -0.521. The lowest BCUT2D eigenvalue weighted by Gasteiger charge is -2.08. The number of benzene rings is 2. The third kappa shape index (κ3) is 2.93. The Balaban J connectivity index is 2.28. The van der Waals surface area contributed by atoms with Gasteiger partial charge in [0.15, 0.2) is 0 Å². The van der Waals surface area contributed by atoms with Gasteiger partial charge in [-0.1, -0.05) is 24.3 Å². The maximum absolute atomic E-state index is 10.6. The smallest absolute Gasteiger partial charge is 0.313 e. The van der Waals surface area contributed by atoms with Gasteiger partial charge in [-0.25, -0.2) is 0 Å². The minimum absolute atomic E-state index is 0.521. The molecule has 0 aliphatic carbocycles. The molecule has 0 unspecified atom stereocenters. The van der Waals surface area contributed by atoms with E-state index in [2.05, 4.69) is 11.4 Å². The summed E-state index contributed by atoms with van der Waals surface area (Å²) in [6.45, 7) is 0.526. The summed E-state index contributed by atoms with van der Waals surface area (Å²) >= 11 is 5.24. The Morgan fingerprint density at radius 1 is 1.33 bits per heavy atom. The molecule has 2 aromatic carbocycles. The number of hydrogen-bond donors (Lipinski definition) is 1. The average molecular weight is 264 g/mol. The second-order valence-electron chi connectivity index (χ2n) is 3.95. The Labute approximate surface area is 111 Å². The number of carbonyl (C=O) groups is 1. The van der Waals surface area contributed by atoms with Gasteiger partial charge in [-0.15, -0.1) is 0 Å². The van der Waals surface area contributed by atoms with Crippen LogP contribution in [0.4, 0.5) is 4.79 Å². The van der Waals surface area contributed by atoms with Crippen molar-refractivity contribution in [1.29, 1.82) is 0 Å². The fourth-order valence-electron chi connectivity index (χ4n) is 1.96. The molecule has 18 heavy (non-hydrogen) atoms. The fourth-order valence-corrected chi connectivity index (χ4v) is 2.05. The van der Waals surface area contributed by atoms with E-state index < -0.39 is 5.37 Å². The standard InChI is InChI=1S/C14H14ClNO2/c1-18-12-6-5-10-3-2-4-11(13(10)9-12)7-8-16-14(15)17/h2-6,9H,7-8H2,1H3,(H,16,17). The number of fused-ring (bicyclic) bond motifs is 1. The van der Waals surface area contributed by atoms with Crippen LogP contribution >= 0.6 is 11.6 Å². The first-order chi connectivity index (χ1) is 8.70. The second-order valence-corrected chi connectivity index (χ2v) is 4.30. The maximum atomic E-state index is 10.6. The van der Waals surface area contributed by atoms with E-state index in [9.17, 15) is 4.79 Å². The van der Waals surface area contributed by atoms with Crippen LogP contribution in [-0.4, -0.2) is 19.0 Å². The quantitative estimate of drug-likeness (QED) is 0.679. The van der Waals surface area contributed by atoms with E-state index in [4.69, 9.17) is 16.3 Å². The van der Waals surface area contributed by atoms with Gasteiger partial charge in [-0.3, -0.25) is 4.79 Å². The Morgan fingerprint density at radius 2 is 2.17 bits per heavy atom. The van der Waals surface area contributed by atoms with Crippen LogP contribution in [0, 0.1) is 0 Å². The lowest BCUT2D eigenvalue weighted by Crippen LogP contribution is -2.19. The van der Waals surface area contributed by atoms with Crippen LogP contribution in [0.1, 0.15) is 5.56 Å². The molecule has 94 valence electrons. The SMILES string of the molecule is COc1ccc2cccc(CCNC(=O)Cl)c2c1. The second kappa shape index (κ2) is 5.74. The Kier molecular flexibility index (Phi) is 4.05. The van der Waals surface area contributed by atoms with Gasteiger partial charge in [0.25, 0.3) is 0 Å². The summed E-state index contributed by atoms with van der Waals surface area (Å²) < 4.78 is 5.23. The topological polar surface area (TPSA) is 38.3 Å². The first-order valence-electron chi connectivity index (χ1n) is 5.69. The zero-order valence-corrected chi connectivity index (χ0v) is 10.8. The van der Waals surface area contributed by atoms with Crippen LogP contribution in [0.25, 0.3) is 10.8 Å². The molecule has 1 amide bonds. The van der Waals surface area contributed by atoms with Crippen LogP contribution < -0.4 is 10.1 Å². The average Bonchev–Trinajstić information content (AvgIpc) is 2.38. The zero-order valence-electron chi connectivity index (χ0n) is 10.1. The largest absolute Gasteiger partial charge is 0.497 e. The molecule has 0 heterocycles. The summed E-state index contributed by atoms with van der Waals surface area (Å²) in [6, 6.07) is 12.1. The van der Waals surface area contributed by atoms with Gasteiger partial charge in [0.2, 0.25) is 0 Å². The summed E-state index contributed by atoms with van der Waals surface area (Å²) in [6.07, 6.45) is 0.739. The number of halogens is 1. The van der Waals surface area contributed by atoms with Gasteiger partial charge in [-0.05, 0) is 46.5 Å². The number of amides is 1. The Bertz CT molecular complexity index is 569. The van der Waals surface area contributed by atoms with E-state index in [1.54, 1.807) is 7.11 Å². The van der Waals surface area contributed by atoms with Crippen LogP contribution in [-0.2, 0) is 6.42 Å². The van der Waals surface area contributed by atoms with Crippen LogP contribution in [0.3, 0.4) is 0 Å². The summed E-state index contributed by atoms with van der Waals surface area (Å²) in [4.78, 5) is 10.6. The molecule has 0 spiro atoms. The number of hydrogen-bond acceptors (Lipinski definition) is 2. The predicted octanol–water partition coefficient (Wildman–Crippen LogP) is 3.34. The number of methoxy groups -OCH3 is 1. The van der Waals surface area contributed by atoms with Gasteiger partial charge < -0.3 is 10.1 Å². The van der Waals surface area contributed by atoms with Gasteiger partial charge >= 0.3 is 5.37 Å². The van der Waals surface area contributed by atoms with Crippen molar-refractivity contribution < 1.29 is 9.53 Å². The molecule has 0 bridgehead atoms. The molecule has 2 aromatic rings. The highest BCUT2D eigenvalue weighted by molar-refractivity contribution is 6.62. The highest BCUT2D eigenvalue weighted by Crippen LogP contribution is 2.24. The van der Waals surface area contributed by atoms with Gasteiger partial charge in [0.05, 0.1) is 7.11 Å². The minimum Gasteiger partial charge on any atom is -0.497 e. The van der Waals surface area contributed by atoms with Crippen molar-refractivity contribution >= 4 is 27.7 Å². The molecule has 2 rings (SSSR count). The van der Waals surface area contributed by atoms with Crippen molar-refractivity contribution in [3.8, 4) is 5.75 Å². The number of rotatable bonds is 4. The van der Waals surface area contributed by atoms with Crippen molar-refractivity contribution in [1.82, 2.24) is 5.32 Å². The molecule has 0 fully saturated rings. The molecular weight excluding hydrogens is 250 g/mol. The molecule has 0 radical (unpaired) electrons. The molecule has 0 atom stereocenters. The molecule has 0 aliphatic heterocycles. The number of ether oxygens (including phenoxy) is 1. The van der Waals surface area contributed by atoms with Crippen LogP contribution in [0.5, 0.6) is 5.75 Å². The molecule has 0 aromatic heterocycles. The third-order valence-corrected chi connectivity index (χ3v) is 2.97. The molecule has 0 saturated heterocycles. The zero-order chi connectivity index (χ0) is 13.0. The summed E-state index contributed by atoms with van der Waals surface area (Å²) in [7, 11) is 1.65. The molecule has 3 nitrogen and oxygen atoms in total. The number of carbonyl (C=O) groups excluding carboxylic acids is 1. The normalized spacial score (nSPS) is 10.3. The van der Waals surface area contributed by atoms with Crippen molar-refractivity contribution in [3.05, 3.63) is 42.0 Å². The molecule has 0 saturated carbocycles. The molecular formula is C14H14ClNO2. The van der Waals surface area contributed by atoms with E-state index in [0.29, 0.717) is 6.54 Å². The maximum Gasteiger partial charge on any atom is 0.313 e. The lowest BCUT2D eigenvalue weighted by molar-refractivity contribution is 0.260. The van der Waals surface area contributed by atoms with E-state index in [-0.39, 0.29) is 0 Å². The van der Waals surface area contributed by atoms with Gasteiger partial charge in [-0.2, -0.15) is 0 Å². The van der Waals surface area contributed by atoms with E-state index in [1.807, 2.05) is 30.3 Å². The van der Waals surface area contributed by atoms with Crippen molar-refractivity contribution in [2.75, 3.05) is 13.7 Å². The van der Waals surface area contributed by atoms with Crippen LogP contribution in [0.15, 0.2) is 36.4 Å². The predicted molar refractivity (Wildman–Crippen MR) is 73.5 cm³/mol. The Morgan fingerprint density at radius 3 is 2.89 bits per heavy atom. The Hall–Kier alpha value is -1.74. The van der Waals surface area contributed by atoms with Crippen molar-refractivity contribution in [2.45, 2.75) is 6.42 Å². The van der Waals surface area contributed by atoms with Crippen molar-refractivity contribution in [2.24, 2.45) is 0 Å². The van der Waals surface area contributed by atoms with Gasteiger partial charge in [0, 0.05) is 6.54 Å². The van der Waals surface area contributed by atoms with Gasteiger partial charge in [0.1, 0.15) is 5.75 Å². The highest BCUT2D eigenvalue weighted by atomic mass is 35.5. The highest BCUT2D eigenvalue weighted by Gasteiger charge is 2.03. The first-order valence-corrected chi connectivity index (χ1v) is 6.07. The molecule has 1 N–H and O–H groups in total. The molecule has 0 aliphatic rings. The lowest BCUT2D eigenvalue weighted by atomic mass is 10.0. The third-order valence-electron chi connectivity index (χ3n) is 2.84. The van der Waals surface area contributed by atoms with Crippen LogP contribution in [0.2, 0.25) is 0 Å². The summed E-state index contributed by atoms with van der Waals surface area (Å²) in [5.74, 6) is 0.830. The monoisotopic (exact) mass is 263 g/mol. The van der Waals surface area contributed by atoms with E-state index in [1.165, 1.54) is 0 Å². The summed E-state index contributed by atoms with van der Waals surface area (Å²) in [5, 5.41) is 4.36. The summed E-state index contributed by atoms with van der Waals surface area (Å²) in [5.41, 5.74) is 1.16. The first kappa shape index (κ1) is 12.7. The van der Waals surface area contributed by atoms with Crippen molar-refractivity contribution in [3.63, 3.8) is 0 Å².